The van der Waals surface area contributed by atoms with Gasteiger partial charge < -0.3 is 10.6 Å². The molecule has 2 N–H and O–H groups in total. The molecule has 17 heavy (non-hydrogen) atoms. The van der Waals surface area contributed by atoms with Gasteiger partial charge in [0.2, 0.25) is 0 Å². The van der Waals surface area contributed by atoms with E-state index in [0.29, 0.717) is 12.0 Å². The molecule has 0 aromatic heterocycles. The summed E-state index contributed by atoms with van der Waals surface area (Å²) in [5, 5.41) is 0. The van der Waals surface area contributed by atoms with Crippen LogP contribution in [0.4, 0.5) is 0 Å². The second kappa shape index (κ2) is 5.21. The van der Waals surface area contributed by atoms with E-state index in [1.807, 2.05) is 7.05 Å². The summed E-state index contributed by atoms with van der Waals surface area (Å²) in [5.74, 6) is 0.681. The molecule has 1 fully saturated rings. The zero-order valence-corrected chi connectivity index (χ0v) is 10.7. The van der Waals surface area contributed by atoms with Crippen molar-refractivity contribution in [2.45, 2.75) is 32.2 Å². The smallest absolute Gasteiger partial charge is 0.191 e. The third-order valence-electron chi connectivity index (χ3n) is 3.21. The van der Waals surface area contributed by atoms with Crippen LogP contribution in [0, 0.1) is 6.92 Å². The van der Waals surface area contributed by atoms with Gasteiger partial charge in [0.15, 0.2) is 5.96 Å². The molecule has 0 bridgehead atoms. The van der Waals surface area contributed by atoms with E-state index < -0.39 is 0 Å². The minimum Gasteiger partial charge on any atom is -0.370 e. The summed E-state index contributed by atoms with van der Waals surface area (Å²) >= 11 is 0. The molecule has 0 saturated heterocycles. The molecule has 0 heterocycles. The Morgan fingerprint density at radius 1 is 1.47 bits per heavy atom. The minimum absolute atomic E-state index is 0.637. The summed E-state index contributed by atoms with van der Waals surface area (Å²) in [6.45, 7) is 2.88. The Morgan fingerprint density at radius 3 is 2.88 bits per heavy atom. The van der Waals surface area contributed by atoms with E-state index in [0.717, 1.165) is 13.0 Å². The van der Waals surface area contributed by atoms with Crippen LogP contribution in [0.25, 0.3) is 0 Å². The zero-order valence-electron chi connectivity index (χ0n) is 10.7. The summed E-state index contributed by atoms with van der Waals surface area (Å²) in [7, 11) is 2.03. The van der Waals surface area contributed by atoms with E-state index in [1.54, 1.807) is 0 Å². The normalized spacial score (nSPS) is 16.0. The molecule has 1 aromatic carbocycles. The van der Waals surface area contributed by atoms with E-state index in [2.05, 4.69) is 41.1 Å². The van der Waals surface area contributed by atoms with Crippen molar-refractivity contribution < 1.29 is 0 Å². The largest absolute Gasteiger partial charge is 0.370 e. The van der Waals surface area contributed by atoms with Crippen molar-refractivity contribution in [3.63, 3.8) is 0 Å². The number of nitrogens with two attached hydrogens (primary N) is 1. The predicted octanol–water partition coefficient (Wildman–Crippen LogP) is 1.95. The van der Waals surface area contributed by atoms with Crippen molar-refractivity contribution >= 4 is 5.96 Å². The van der Waals surface area contributed by atoms with Gasteiger partial charge in [0.1, 0.15) is 0 Å². The summed E-state index contributed by atoms with van der Waals surface area (Å²) < 4.78 is 0. The number of hydrogen-bond acceptors (Lipinski definition) is 1. The van der Waals surface area contributed by atoms with Crippen LogP contribution < -0.4 is 5.73 Å². The summed E-state index contributed by atoms with van der Waals surface area (Å²) in [6, 6.07) is 9.19. The maximum atomic E-state index is 5.93. The average Bonchev–Trinajstić information content (AvgIpc) is 3.12. The van der Waals surface area contributed by atoms with Gasteiger partial charge in [-0.15, -0.1) is 0 Å². The van der Waals surface area contributed by atoms with Crippen molar-refractivity contribution in [2.75, 3.05) is 13.6 Å². The fourth-order valence-corrected chi connectivity index (χ4v) is 1.93. The van der Waals surface area contributed by atoms with Crippen LogP contribution in [0.1, 0.15) is 24.0 Å². The fourth-order valence-electron chi connectivity index (χ4n) is 1.93. The lowest BCUT2D eigenvalue weighted by molar-refractivity contribution is 0.487. The molecule has 0 aliphatic heterocycles. The van der Waals surface area contributed by atoms with Crippen LogP contribution in [0.5, 0.6) is 0 Å². The van der Waals surface area contributed by atoms with E-state index in [-0.39, 0.29) is 0 Å². The number of nitrogens with zero attached hydrogens (tertiary/aromatic N) is 2. The first-order chi connectivity index (χ1) is 8.16. The first-order valence-corrected chi connectivity index (χ1v) is 6.25. The van der Waals surface area contributed by atoms with Crippen molar-refractivity contribution in [3.05, 3.63) is 35.4 Å². The van der Waals surface area contributed by atoms with Gasteiger partial charge in [-0.3, -0.25) is 4.99 Å². The van der Waals surface area contributed by atoms with Crippen LogP contribution in [0.2, 0.25) is 0 Å². The molecule has 1 aromatic rings. The highest BCUT2D eigenvalue weighted by Gasteiger charge is 2.27. The molecule has 0 spiro atoms. The lowest BCUT2D eigenvalue weighted by atomic mass is 10.1. The highest BCUT2D eigenvalue weighted by Crippen LogP contribution is 2.24. The lowest BCUT2D eigenvalue weighted by Crippen LogP contribution is -2.35. The molecule has 0 amide bonds. The SMILES string of the molecule is Cc1cccc(CCN=C(N)N(C)C2CC2)c1. The second-order valence-electron chi connectivity index (χ2n) is 4.82. The monoisotopic (exact) mass is 231 g/mol. The number of guanidine groups is 1. The molecule has 1 aliphatic rings. The van der Waals surface area contributed by atoms with Gasteiger partial charge in [-0.2, -0.15) is 0 Å². The van der Waals surface area contributed by atoms with Crippen LogP contribution >= 0.6 is 0 Å². The first kappa shape index (κ1) is 12.0. The molecule has 3 nitrogen and oxygen atoms in total. The average molecular weight is 231 g/mol. The lowest BCUT2D eigenvalue weighted by Gasteiger charge is -2.16. The van der Waals surface area contributed by atoms with Gasteiger partial charge in [-0.05, 0) is 31.7 Å². The van der Waals surface area contributed by atoms with E-state index in [4.69, 9.17) is 5.73 Å². The third kappa shape index (κ3) is 3.48. The Hall–Kier alpha value is -1.51. The van der Waals surface area contributed by atoms with Crippen LogP contribution in [-0.2, 0) is 6.42 Å². The summed E-state index contributed by atoms with van der Waals surface area (Å²) in [6.07, 6.45) is 3.47. The first-order valence-electron chi connectivity index (χ1n) is 6.25. The van der Waals surface area contributed by atoms with Gasteiger partial charge in [0, 0.05) is 19.6 Å². The highest BCUT2D eigenvalue weighted by molar-refractivity contribution is 5.78. The molecule has 0 atom stereocenters. The van der Waals surface area contributed by atoms with Gasteiger partial charge in [0.25, 0.3) is 0 Å². The van der Waals surface area contributed by atoms with Crippen LogP contribution in [0.3, 0.4) is 0 Å². The molecular weight excluding hydrogens is 210 g/mol. The van der Waals surface area contributed by atoms with Gasteiger partial charge in [0.05, 0.1) is 0 Å². The Kier molecular flexibility index (Phi) is 3.67. The van der Waals surface area contributed by atoms with E-state index >= 15 is 0 Å². The Bertz CT molecular complexity index is 408. The van der Waals surface area contributed by atoms with E-state index in [1.165, 1.54) is 24.0 Å². The van der Waals surface area contributed by atoms with Crippen molar-refractivity contribution in [2.24, 2.45) is 10.7 Å². The molecule has 1 aliphatic carbocycles. The maximum absolute atomic E-state index is 5.93. The number of rotatable bonds is 4. The molecule has 3 heteroatoms. The number of aliphatic imine (C=N–C) groups is 1. The Labute approximate surface area is 103 Å². The quantitative estimate of drug-likeness (QED) is 0.635. The maximum Gasteiger partial charge on any atom is 0.191 e. The van der Waals surface area contributed by atoms with Crippen molar-refractivity contribution in [1.29, 1.82) is 0 Å². The van der Waals surface area contributed by atoms with Gasteiger partial charge in [-0.1, -0.05) is 29.8 Å². The molecule has 0 radical (unpaired) electrons. The van der Waals surface area contributed by atoms with Crippen LogP contribution in [-0.4, -0.2) is 30.5 Å². The molecular formula is C14H21N3. The van der Waals surface area contributed by atoms with Crippen LogP contribution in [0.15, 0.2) is 29.3 Å². The number of aryl methyl sites for hydroxylation is 1. The third-order valence-corrected chi connectivity index (χ3v) is 3.21. The van der Waals surface area contributed by atoms with Gasteiger partial charge >= 0.3 is 0 Å². The predicted molar refractivity (Wildman–Crippen MR) is 72.2 cm³/mol. The standard InChI is InChI=1S/C14H21N3/c1-11-4-3-5-12(10-11)8-9-16-14(15)17(2)13-6-7-13/h3-5,10,13H,6-9H2,1-2H3,(H2,15,16). The summed E-state index contributed by atoms with van der Waals surface area (Å²) in [5.41, 5.74) is 8.56. The Balaban J connectivity index is 1.83. The molecule has 2 rings (SSSR count). The topological polar surface area (TPSA) is 41.6 Å². The van der Waals surface area contributed by atoms with Gasteiger partial charge in [-0.25, -0.2) is 0 Å². The molecule has 92 valence electrons. The minimum atomic E-state index is 0.637. The Morgan fingerprint density at radius 2 is 2.24 bits per heavy atom. The van der Waals surface area contributed by atoms with Crippen molar-refractivity contribution in [3.8, 4) is 0 Å². The second-order valence-corrected chi connectivity index (χ2v) is 4.82. The van der Waals surface area contributed by atoms with E-state index in [9.17, 15) is 0 Å². The highest BCUT2D eigenvalue weighted by atomic mass is 15.3. The fraction of sp³-hybridized carbons (Fsp3) is 0.500. The zero-order chi connectivity index (χ0) is 12.3. The number of hydrogen-bond donors (Lipinski definition) is 1. The summed E-state index contributed by atoms with van der Waals surface area (Å²) in [4.78, 5) is 6.52. The number of benzene rings is 1. The molecule has 0 unspecified atom stereocenters. The molecule has 1 saturated carbocycles. The van der Waals surface area contributed by atoms with Crippen molar-refractivity contribution in [1.82, 2.24) is 4.90 Å².